The van der Waals surface area contributed by atoms with Gasteiger partial charge in [-0.15, -0.1) is 0 Å². The first-order valence-electron chi connectivity index (χ1n) is 12.5. The van der Waals surface area contributed by atoms with Crippen LogP contribution >= 0.6 is 0 Å². The lowest BCUT2D eigenvalue weighted by Crippen LogP contribution is -2.49. The number of rotatable bonds is 9. The number of aryl methyl sites for hydroxylation is 1. The molecule has 0 aliphatic carbocycles. The number of ether oxygens (including phenoxy) is 2. The number of morpholine rings is 1. The van der Waals surface area contributed by atoms with Gasteiger partial charge in [-0.2, -0.15) is 10.1 Å². The van der Waals surface area contributed by atoms with E-state index in [-0.39, 0.29) is 12.0 Å². The third kappa shape index (κ3) is 5.62. The molecule has 1 aromatic carbocycles. The van der Waals surface area contributed by atoms with Crippen molar-refractivity contribution in [2.45, 2.75) is 19.6 Å². The third-order valence-corrected chi connectivity index (χ3v) is 6.50. The van der Waals surface area contributed by atoms with Gasteiger partial charge in [-0.05, 0) is 19.1 Å². The number of carbonyl (C=O) groups is 1. The Bertz CT molecular complexity index is 1310. The van der Waals surface area contributed by atoms with Crippen molar-refractivity contribution in [1.29, 1.82) is 0 Å². The van der Waals surface area contributed by atoms with Crippen molar-refractivity contribution >= 4 is 28.9 Å². The standard InChI is InChI=1S/C26H32N8O4/c1-4-24(36)29-20-9-21(23(37-3)10-22(20)33-5-7-38-8-6-33)30-26-27-11-17(2)25(31-26)34-14-18(12-28-34)13-32-15-19(35)16-32/h4,9-12,14,19,35H,1,5-8,13,15-16H2,2-3H3,(H,29,36)(H,27,30,31). The van der Waals surface area contributed by atoms with Crippen molar-refractivity contribution in [2.75, 3.05) is 62.0 Å². The summed E-state index contributed by atoms with van der Waals surface area (Å²) in [6.45, 7) is 10.2. The molecule has 0 atom stereocenters. The Morgan fingerprint density at radius 3 is 2.76 bits per heavy atom. The highest BCUT2D eigenvalue weighted by Crippen LogP contribution is 2.38. The molecule has 0 saturated carbocycles. The molecule has 3 N–H and O–H groups in total. The Morgan fingerprint density at radius 1 is 1.26 bits per heavy atom. The van der Waals surface area contributed by atoms with Gasteiger partial charge in [-0.1, -0.05) is 6.58 Å². The number of aromatic nitrogens is 4. The van der Waals surface area contributed by atoms with Gasteiger partial charge >= 0.3 is 0 Å². The second kappa shape index (κ2) is 11.2. The van der Waals surface area contributed by atoms with Crippen LogP contribution in [-0.2, 0) is 16.1 Å². The van der Waals surface area contributed by atoms with E-state index in [0.717, 1.165) is 23.4 Å². The maximum atomic E-state index is 12.2. The number of methoxy groups -OCH3 is 1. The minimum atomic E-state index is -0.313. The van der Waals surface area contributed by atoms with Crippen LogP contribution in [0.15, 0.2) is 43.4 Å². The highest BCUT2D eigenvalue weighted by atomic mass is 16.5. The fourth-order valence-corrected chi connectivity index (χ4v) is 4.52. The summed E-state index contributed by atoms with van der Waals surface area (Å²) in [5.74, 6) is 1.26. The second-order valence-electron chi connectivity index (χ2n) is 9.33. The zero-order valence-corrected chi connectivity index (χ0v) is 21.6. The van der Waals surface area contributed by atoms with Crippen LogP contribution in [0.5, 0.6) is 5.75 Å². The van der Waals surface area contributed by atoms with Gasteiger partial charge in [-0.25, -0.2) is 9.67 Å². The van der Waals surface area contributed by atoms with E-state index in [1.54, 1.807) is 30.3 Å². The average molecular weight is 521 g/mol. The van der Waals surface area contributed by atoms with Gasteiger partial charge in [-0.3, -0.25) is 9.69 Å². The van der Waals surface area contributed by atoms with E-state index < -0.39 is 0 Å². The summed E-state index contributed by atoms with van der Waals surface area (Å²) < 4.78 is 12.9. The highest BCUT2D eigenvalue weighted by Gasteiger charge is 2.24. The molecule has 5 rings (SSSR count). The molecular formula is C26H32N8O4. The van der Waals surface area contributed by atoms with Crippen LogP contribution in [0.25, 0.3) is 5.82 Å². The lowest BCUT2D eigenvalue weighted by Gasteiger charge is -2.35. The van der Waals surface area contributed by atoms with E-state index in [2.05, 4.69) is 37.1 Å². The van der Waals surface area contributed by atoms with E-state index in [1.165, 1.54) is 6.08 Å². The zero-order chi connectivity index (χ0) is 26.6. The number of hydrogen-bond donors (Lipinski definition) is 3. The van der Waals surface area contributed by atoms with Gasteiger partial charge in [0.25, 0.3) is 0 Å². The summed E-state index contributed by atoms with van der Waals surface area (Å²) in [6, 6.07) is 3.69. The minimum absolute atomic E-state index is 0.242. The second-order valence-corrected chi connectivity index (χ2v) is 9.33. The molecular weight excluding hydrogens is 488 g/mol. The van der Waals surface area contributed by atoms with E-state index in [4.69, 9.17) is 14.5 Å². The molecule has 2 aliphatic heterocycles. The lowest BCUT2D eigenvalue weighted by molar-refractivity contribution is -0.111. The van der Waals surface area contributed by atoms with Crippen molar-refractivity contribution in [3.63, 3.8) is 0 Å². The molecule has 4 heterocycles. The number of likely N-dealkylation sites (tertiary alicyclic amines) is 1. The molecule has 2 aromatic heterocycles. The molecule has 200 valence electrons. The number of anilines is 4. The van der Waals surface area contributed by atoms with Crippen molar-refractivity contribution in [3.05, 3.63) is 54.5 Å². The molecule has 0 bridgehead atoms. The monoisotopic (exact) mass is 520 g/mol. The van der Waals surface area contributed by atoms with Crippen molar-refractivity contribution < 1.29 is 19.4 Å². The predicted molar refractivity (Wildman–Crippen MR) is 143 cm³/mol. The van der Waals surface area contributed by atoms with Gasteiger partial charge < -0.3 is 30.1 Å². The van der Waals surface area contributed by atoms with Gasteiger partial charge in [0.15, 0.2) is 5.82 Å². The maximum Gasteiger partial charge on any atom is 0.247 e. The molecule has 12 nitrogen and oxygen atoms in total. The van der Waals surface area contributed by atoms with Gasteiger partial charge in [0.2, 0.25) is 11.9 Å². The third-order valence-electron chi connectivity index (χ3n) is 6.50. The minimum Gasteiger partial charge on any atom is -0.494 e. The fraction of sp³-hybridized carbons (Fsp3) is 0.385. The summed E-state index contributed by atoms with van der Waals surface area (Å²) in [5, 5.41) is 20.2. The summed E-state index contributed by atoms with van der Waals surface area (Å²) in [4.78, 5) is 25.7. The van der Waals surface area contributed by atoms with Crippen LogP contribution in [0.1, 0.15) is 11.1 Å². The summed E-state index contributed by atoms with van der Waals surface area (Å²) in [7, 11) is 1.59. The number of aliphatic hydroxyl groups is 1. The number of nitrogens with one attached hydrogen (secondary N) is 2. The van der Waals surface area contributed by atoms with Crippen LogP contribution in [0.4, 0.5) is 23.0 Å². The molecule has 1 amide bonds. The Morgan fingerprint density at radius 2 is 2.05 bits per heavy atom. The van der Waals surface area contributed by atoms with Crippen LogP contribution in [0.2, 0.25) is 0 Å². The number of benzene rings is 1. The lowest BCUT2D eigenvalue weighted by atomic mass is 10.1. The molecule has 2 aliphatic rings. The number of β-amino-alcohol motifs (C(OH)–C–C–N with tert-alkyl or cyclic N) is 1. The molecule has 0 radical (unpaired) electrons. The van der Waals surface area contributed by atoms with E-state index >= 15 is 0 Å². The zero-order valence-electron chi connectivity index (χ0n) is 21.6. The first-order chi connectivity index (χ1) is 18.4. The van der Waals surface area contributed by atoms with Crippen LogP contribution in [0, 0.1) is 6.92 Å². The molecule has 0 spiro atoms. The molecule has 3 aromatic rings. The fourth-order valence-electron chi connectivity index (χ4n) is 4.52. The number of amides is 1. The SMILES string of the molecule is C=CC(=O)Nc1cc(Nc2ncc(C)c(-n3cc(CN4CC(O)C4)cn3)n2)c(OC)cc1N1CCOCC1. The Hall–Kier alpha value is -4.00. The normalized spacial score (nSPS) is 16.1. The summed E-state index contributed by atoms with van der Waals surface area (Å²) >= 11 is 0. The summed E-state index contributed by atoms with van der Waals surface area (Å²) in [5.41, 5.74) is 3.93. The maximum absolute atomic E-state index is 12.2. The van der Waals surface area contributed by atoms with Gasteiger partial charge in [0, 0.05) is 62.3 Å². The molecule has 38 heavy (non-hydrogen) atoms. The van der Waals surface area contributed by atoms with Crippen LogP contribution in [-0.4, -0.2) is 88.3 Å². The Labute approximate surface area is 220 Å². The first kappa shape index (κ1) is 25.6. The summed E-state index contributed by atoms with van der Waals surface area (Å²) in [6.07, 6.45) is 6.46. The number of aliphatic hydroxyl groups excluding tert-OH is 1. The largest absolute Gasteiger partial charge is 0.494 e. The molecule has 12 heteroatoms. The quantitative estimate of drug-likeness (QED) is 0.360. The average Bonchev–Trinajstić information content (AvgIpc) is 3.38. The van der Waals surface area contributed by atoms with Crippen molar-refractivity contribution in [2.24, 2.45) is 0 Å². The first-order valence-corrected chi connectivity index (χ1v) is 12.5. The van der Waals surface area contributed by atoms with E-state index in [9.17, 15) is 9.90 Å². The van der Waals surface area contributed by atoms with E-state index in [1.807, 2.05) is 19.2 Å². The van der Waals surface area contributed by atoms with E-state index in [0.29, 0.717) is 68.3 Å². The van der Waals surface area contributed by atoms with Crippen molar-refractivity contribution in [3.8, 4) is 11.6 Å². The van der Waals surface area contributed by atoms with Gasteiger partial charge in [0.05, 0.1) is 49.7 Å². The highest BCUT2D eigenvalue weighted by molar-refractivity contribution is 6.02. The number of carbonyl (C=O) groups excluding carboxylic acids is 1. The number of nitrogens with zero attached hydrogens (tertiary/aromatic N) is 6. The van der Waals surface area contributed by atoms with Crippen molar-refractivity contribution in [1.82, 2.24) is 24.6 Å². The Balaban J connectivity index is 1.42. The smallest absolute Gasteiger partial charge is 0.247 e. The molecule has 2 fully saturated rings. The van der Waals surface area contributed by atoms with Gasteiger partial charge in [0.1, 0.15) is 5.75 Å². The topological polar surface area (TPSA) is 130 Å². The molecule has 2 saturated heterocycles. The predicted octanol–water partition coefficient (Wildman–Crippen LogP) is 1.86. The molecule has 0 unspecified atom stereocenters. The van der Waals surface area contributed by atoms with Crippen LogP contribution in [0.3, 0.4) is 0 Å². The van der Waals surface area contributed by atoms with Crippen LogP contribution < -0.4 is 20.3 Å². The Kier molecular flexibility index (Phi) is 7.54. The number of hydrogen-bond acceptors (Lipinski definition) is 10.